The standard InChI is InChI=1S/C16H21N3S/c1-12-18-14(11-20-12)10-19(2)9-13-5-3-7-16-15(13)6-4-8-17-16/h3,5,7,11,17H,4,6,8-10H2,1-2H3. The number of hydrogen-bond acceptors (Lipinski definition) is 4. The molecule has 106 valence electrons. The van der Waals surface area contributed by atoms with Gasteiger partial charge in [0.15, 0.2) is 0 Å². The van der Waals surface area contributed by atoms with Gasteiger partial charge in [-0.15, -0.1) is 11.3 Å². The number of aryl methyl sites for hydroxylation is 1. The van der Waals surface area contributed by atoms with Crippen LogP contribution in [0.15, 0.2) is 23.6 Å². The first-order chi connectivity index (χ1) is 9.72. The molecule has 0 unspecified atom stereocenters. The van der Waals surface area contributed by atoms with Gasteiger partial charge >= 0.3 is 0 Å². The van der Waals surface area contributed by atoms with Gasteiger partial charge in [-0.1, -0.05) is 12.1 Å². The molecule has 0 radical (unpaired) electrons. The minimum absolute atomic E-state index is 0.918. The van der Waals surface area contributed by atoms with E-state index in [0.717, 1.165) is 24.6 Å². The minimum Gasteiger partial charge on any atom is -0.385 e. The lowest BCUT2D eigenvalue weighted by Crippen LogP contribution is -2.20. The normalized spacial score (nSPS) is 14.2. The second kappa shape index (κ2) is 5.94. The summed E-state index contributed by atoms with van der Waals surface area (Å²) in [6.45, 7) is 5.07. The third-order valence-electron chi connectivity index (χ3n) is 3.73. The van der Waals surface area contributed by atoms with Gasteiger partial charge in [-0.2, -0.15) is 0 Å². The highest BCUT2D eigenvalue weighted by molar-refractivity contribution is 7.09. The summed E-state index contributed by atoms with van der Waals surface area (Å²) in [5.74, 6) is 0. The molecular formula is C16H21N3S. The summed E-state index contributed by atoms with van der Waals surface area (Å²) in [7, 11) is 2.17. The van der Waals surface area contributed by atoms with Crippen LogP contribution in [0.2, 0.25) is 0 Å². The number of thiazole rings is 1. The molecule has 0 fully saturated rings. The van der Waals surface area contributed by atoms with Crippen molar-refractivity contribution in [3.63, 3.8) is 0 Å². The van der Waals surface area contributed by atoms with Crippen molar-refractivity contribution in [2.24, 2.45) is 0 Å². The second-order valence-electron chi connectivity index (χ2n) is 5.50. The van der Waals surface area contributed by atoms with Crippen LogP contribution in [0.4, 0.5) is 5.69 Å². The van der Waals surface area contributed by atoms with E-state index in [-0.39, 0.29) is 0 Å². The fourth-order valence-electron chi connectivity index (χ4n) is 2.84. The van der Waals surface area contributed by atoms with Crippen molar-refractivity contribution in [3.8, 4) is 0 Å². The Morgan fingerprint density at radius 2 is 2.25 bits per heavy atom. The highest BCUT2D eigenvalue weighted by atomic mass is 32.1. The molecule has 0 spiro atoms. The zero-order valence-corrected chi connectivity index (χ0v) is 13.0. The van der Waals surface area contributed by atoms with Gasteiger partial charge in [-0.25, -0.2) is 4.98 Å². The maximum absolute atomic E-state index is 4.54. The summed E-state index contributed by atoms with van der Waals surface area (Å²) < 4.78 is 0. The Labute approximate surface area is 124 Å². The first-order valence-electron chi connectivity index (χ1n) is 7.16. The van der Waals surface area contributed by atoms with Gasteiger partial charge in [0, 0.05) is 30.7 Å². The minimum atomic E-state index is 0.918. The van der Waals surface area contributed by atoms with Gasteiger partial charge in [-0.05, 0) is 44.0 Å². The third kappa shape index (κ3) is 3.02. The van der Waals surface area contributed by atoms with E-state index in [4.69, 9.17) is 0 Å². The third-order valence-corrected chi connectivity index (χ3v) is 4.55. The van der Waals surface area contributed by atoms with E-state index in [1.807, 2.05) is 0 Å². The lowest BCUT2D eigenvalue weighted by Gasteiger charge is -2.23. The summed E-state index contributed by atoms with van der Waals surface area (Å²) in [5, 5.41) is 6.81. The zero-order chi connectivity index (χ0) is 13.9. The Morgan fingerprint density at radius 1 is 1.35 bits per heavy atom. The molecule has 0 bridgehead atoms. The van der Waals surface area contributed by atoms with Gasteiger partial charge in [0.1, 0.15) is 0 Å². The van der Waals surface area contributed by atoms with Gasteiger partial charge < -0.3 is 5.32 Å². The first-order valence-corrected chi connectivity index (χ1v) is 8.04. The summed E-state index contributed by atoms with van der Waals surface area (Å²) in [6, 6.07) is 6.61. The quantitative estimate of drug-likeness (QED) is 0.933. The van der Waals surface area contributed by atoms with Crippen LogP contribution in [0.25, 0.3) is 0 Å². The second-order valence-corrected chi connectivity index (χ2v) is 6.57. The summed E-state index contributed by atoms with van der Waals surface area (Å²) in [5.41, 5.74) is 5.45. The lowest BCUT2D eigenvalue weighted by atomic mass is 9.97. The van der Waals surface area contributed by atoms with Crippen LogP contribution in [-0.4, -0.2) is 23.5 Å². The molecule has 0 saturated carbocycles. The number of aromatic nitrogens is 1. The lowest BCUT2D eigenvalue weighted by molar-refractivity contribution is 0.314. The molecule has 2 heterocycles. The maximum atomic E-state index is 4.54. The van der Waals surface area contributed by atoms with Gasteiger partial charge in [0.2, 0.25) is 0 Å². The molecule has 0 amide bonds. The average molecular weight is 287 g/mol. The van der Waals surface area contributed by atoms with E-state index >= 15 is 0 Å². The number of fused-ring (bicyclic) bond motifs is 1. The van der Waals surface area contributed by atoms with Gasteiger partial charge in [0.05, 0.1) is 10.7 Å². The van der Waals surface area contributed by atoms with Crippen LogP contribution in [0, 0.1) is 6.92 Å². The molecule has 0 atom stereocenters. The van der Waals surface area contributed by atoms with E-state index in [9.17, 15) is 0 Å². The zero-order valence-electron chi connectivity index (χ0n) is 12.1. The molecule has 0 saturated heterocycles. The molecule has 2 aromatic rings. The number of benzene rings is 1. The fraction of sp³-hybridized carbons (Fsp3) is 0.438. The Hall–Kier alpha value is -1.39. The van der Waals surface area contributed by atoms with Crippen molar-refractivity contribution in [3.05, 3.63) is 45.4 Å². The molecule has 0 aliphatic carbocycles. The van der Waals surface area contributed by atoms with Crippen molar-refractivity contribution in [1.29, 1.82) is 0 Å². The van der Waals surface area contributed by atoms with Crippen LogP contribution in [0.3, 0.4) is 0 Å². The number of nitrogens with zero attached hydrogens (tertiary/aromatic N) is 2. The van der Waals surface area contributed by atoms with Crippen molar-refractivity contribution in [1.82, 2.24) is 9.88 Å². The van der Waals surface area contributed by atoms with Gasteiger partial charge in [-0.3, -0.25) is 4.90 Å². The van der Waals surface area contributed by atoms with Crippen LogP contribution in [0.1, 0.15) is 28.2 Å². The molecule has 1 aromatic heterocycles. The van der Waals surface area contributed by atoms with Crippen molar-refractivity contribution >= 4 is 17.0 Å². The van der Waals surface area contributed by atoms with Crippen molar-refractivity contribution in [2.75, 3.05) is 18.9 Å². The van der Waals surface area contributed by atoms with Crippen LogP contribution >= 0.6 is 11.3 Å². The monoisotopic (exact) mass is 287 g/mol. The van der Waals surface area contributed by atoms with E-state index in [2.05, 4.69) is 52.8 Å². The maximum Gasteiger partial charge on any atom is 0.0897 e. The van der Waals surface area contributed by atoms with E-state index in [1.165, 1.54) is 35.3 Å². The molecule has 1 N–H and O–H groups in total. The van der Waals surface area contributed by atoms with Gasteiger partial charge in [0.25, 0.3) is 0 Å². The SMILES string of the molecule is Cc1nc(CN(C)Cc2cccc3c2CCCN3)cs1. The Morgan fingerprint density at radius 3 is 3.05 bits per heavy atom. The summed E-state index contributed by atoms with van der Waals surface area (Å²) in [4.78, 5) is 6.89. The number of anilines is 1. The predicted octanol–water partition coefficient (Wildman–Crippen LogP) is 3.44. The van der Waals surface area contributed by atoms with E-state index in [0.29, 0.717) is 0 Å². The molecule has 1 aliphatic heterocycles. The molecular weight excluding hydrogens is 266 g/mol. The first kappa shape index (κ1) is 13.6. The molecule has 1 aromatic carbocycles. The highest BCUT2D eigenvalue weighted by Crippen LogP contribution is 2.26. The Kier molecular flexibility index (Phi) is 4.03. The molecule has 3 rings (SSSR count). The Bertz CT molecular complexity index is 591. The van der Waals surface area contributed by atoms with Crippen molar-refractivity contribution < 1.29 is 0 Å². The largest absolute Gasteiger partial charge is 0.385 e. The molecule has 20 heavy (non-hydrogen) atoms. The number of nitrogens with one attached hydrogen (secondary N) is 1. The van der Waals surface area contributed by atoms with Crippen LogP contribution in [-0.2, 0) is 19.5 Å². The molecule has 1 aliphatic rings. The predicted molar refractivity (Wildman–Crippen MR) is 85.3 cm³/mol. The Balaban J connectivity index is 1.71. The highest BCUT2D eigenvalue weighted by Gasteiger charge is 2.13. The van der Waals surface area contributed by atoms with E-state index < -0.39 is 0 Å². The summed E-state index contributed by atoms with van der Waals surface area (Å²) in [6.07, 6.45) is 2.43. The number of hydrogen-bond donors (Lipinski definition) is 1. The number of rotatable bonds is 4. The smallest absolute Gasteiger partial charge is 0.0897 e. The topological polar surface area (TPSA) is 28.2 Å². The summed E-state index contributed by atoms with van der Waals surface area (Å²) >= 11 is 1.73. The van der Waals surface area contributed by atoms with E-state index in [1.54, 1.807) is 11.3 Å². The van der Waals surface area contributed by atoms with Crippen molar-refractivity contribution in [2.45, 2.75) is 32.9 Å². The van der Waals surface area contributed by atoms with Crippen LogP contribution < -0.4 is 5.32 Å². The average Bonchev–Trinajstić information content (AvgIpc) is 2.84. The molecule has 4 heteroatoms. The molecule has 3 nitrogen and oxygen atoms in total. The van der Waals surface area contributed by atoms with Crippen LogP contribution in [0.5, 0.6) is 0 Å². The fourth-order valence-corrected chi connectivity index (χ4v) is 3.44.